The molecule has 1 aromatic heterocycles. The van der Waals surface area contributed by atoms with E-state index in [9.17, 15) is 14.4 Å². The molecule has 7 nitrogen and oxygen atoms in total. The van der Waals surface area contributed by atoms with Crippen LogP contribution in [0.2, 0.25) is 0 Å². The van der Waals surface area contributed by atoms with E-state index in [1.807, 2.05) is 0 Å². The smallest absolute Gasteiger partial charge is 0.307 e. The molecule has 0 radical (unpaired) electrons. The Morgan fingerprint density at radius 2 is 1.93 bits per heavy atom. The van der Waals surface area contributed by atoms with Crippen LogP contribution in [0.25, 0.3) is 0 Å². The minimum Gasteiger partial charge on any atom is -0.486 e. The van der Waals surface area contributed by atoms with Crippen LogP contribution in [0.4, 0.5) is 5.69 Å². The van der Waals surface area contributed by atoms with Gasteiger partial charge < -0.3 is 19.5 Å². The Morgan fingerprint density at radius 1 is 1.15 bits per heavy atom. The maximum absolute atomic E-state index is 12.2. The summed E-state index contributed by atoms with van der Waals surface area (Å²) in [5.74, 6) is -0.00500. The average Bonchev–Trinajstić information content (AvgIpc) is 3.21. The molecular formula is C19H19NO6S. The van der Waals surface area contributed by atoms with E-state index < -0.39 is 18.0 Å². The number of esters is 1. The third-order valence-electron chi connectivity index (χ3n) is 3.84. The van der Waals surface area contributed by atoms with Crippen LogP contribution in [-0.4, -0.2) is 37.0 Å². The van der Waals surface area contributed by atoms with Gasteiger partial charge in [0.15, 0.2) is 23.4 Å². The van der Waals surface area contributed by atoms with Crippen LogP contribution in [-0.2, 0) is 14.3 Å². The van der Waals surface area contributed by atoms with E-state index in [1.54, 1.807) is 35.7 Å². The summed E-state index contributed by atoms with van der Waals surface area (Å²) in [6.45, 7) is 2.41. The van der Waals surface area contributed by atoms with Crippen LogP contribution in [0, 0.1) is 0 Å². The Balaban J connectivity index is 1.47. The van der Waals surface area contributed by atoms with Gasteiger partial charge in [-0.3, -0.25) is 14.4 Å². The number of carbonyl (C=O) groups excluding carboxylic acids is 3. The zero-order valence-corrected chi connectivity index (χ0v) is 15.5. The molecule has 1 N–H and O–H groups in total. The lowest BCUT2D eigenvalue weighted by molar-refractivity contribution is -0.153. The molecule has 0 spiro atoms. The van der Waals surface area contributed by atoms with Crippen molar-refractivity contribution in [2.75, 3.05) is 18.5 Å². The molecule has 1 amide bonds. The Morgan fingerprint density at radius 3 is 2.67 bits per heavy atom. The molecule has 2 heterocycles. The number of rotatable bonds is 7. The zero-order chi connectivity index (χ0) is 19.2. The molecule has 0 bridgehead atoms. The topological polar surface area (TPSA) is 90.9 Å². The fourth-order valence-electron chi connectivity index (χ4n) is 2.45. The number of anilines is 1. The van der Waals surface area contributed by atoms with Crippen molar-refractivity contribution in [1.29, 1.82) is 0 Å². The second-order valence-electron chi connectivity index (χ2n) is 5.88. The largest absolute Gasteiger partial charge is 0.486 e. The van der Waals surface area contributed by atoms with Gasteiger partial charge in [-0.15, -0.1) is 11.3 Å². The van der Waals surface area contributed by atoms with Crippen molar-refractivity contribution in [2.45, 2.75) is 25.9 Å². The average molecular weight is 389 g/mol. The predicted molar refractivity (Wildman–Crippen MR) is 99.5 cm³/mol. The van der Waals surface area contributed by atoms with E-state index in [2.05, 4.69) is 5.32 Å². The van der Waals surface area contributed by atoms with Crippen molar-refractivity contribution in [3.05, 3.63) is 40.6 Å². The van der Waals surface area contributed by atoms with Crippen LogP contribution in [0.3, 0.4) is 0 Å². The minimum absolute atomic E-state index is 0.0514. The summed E-state index contributed by atoms with van der Waals surface area (Å²) in [6, 6.07) is 8.53. The normalized spacial score (nSPS) is 13.5. The number of benzene rings is 1. The number of nitrogens with one attached hydrogen (secondary N) is 1. The summed E-state index contributed by atoms with van der Waals surface area (Å²) in [4.78, 5) is 36.6. The van der Waals surface area contributed by atoms with Gasteiger partial charge >= 0.3 is 5.97 Å². The molecule has 1 aliphatic rings. The van der Waals surface area contributed by atoms with Gasteiger partial charge in [-0.1, -0.05) is 6.07 Å². The fraction of sp³-hybridized carbons (Fsp3) is 0.316. The van der Waals surface area contributed by atoms with Crippen molar-refractivity contribution in [2.24, 2.45) is 0 Å². The molecule has 0 unspecified atom stereocenters. The molecule has 0 saturated carbocycles. The first-order valence-corrected chi connectivity index (χ1v) is 9.37. The van der Waals surface area contributed by atoms with Gasteiger partial charge in [0.25, 0.3) is 5.91 Å². The molecule has 1 aliphatic heterocycles. The molecule has 2 aromatic rings. The highest BCUT2D eigenvalue weighted by atomic mass is 32.1. The summed E-state index contributed by atoms with van der Waals surface area (Å²) in [6.07, 6.45) is -1.00. The number of amides is 1. The van der Waals surface area contributed by atoms with Crippen molar-refractivity contribution in [1.82, 2.24) is 0 Å². The van der Waals surface area contributed by atoms with Crippen LogP contribution in [0.5, 0.6) is 11.5 Å². The van der Waals surface area contributed by atoms with Gasteiger partial charge in [-0.2, -0.15) is 0 Å². The highest BCUT2D eigenvalue weighted by molar-refractivity contribution is 7.12. The maximum atomic E-state index is 12.2. The highest BCUT2D eigenvalue weighted by Crippen LogP contribution is 2.32. The van der Waals surface area contributed by atoms with Gasteiger partial charge in [0, 0.05) is 18.2 Å². The maximum Gasteiger partial charge on any atom is 0.307 e. The second-order valence-corrected chi connectivity index (χ2v) is 6.83. The number of Topliss-reactive ketones (excluding diaryl/α,β-unsaturated/α-hetero) is 1. The number of hydrogen-bond acceptors (Lipinski definition) is 7. The summed E-state index contributed by atoms with van der Waals surface area (Å²) >= 11 is 1.33. The monoisotopic (exact) mass is 389 g/mol. The third-order valence-corrected chi connectivity index (χ3v) is 4.75. The summed E-state index contributed by atoms with van der Waals surface area (Å²) < 4.78 is 16.0. The molecule has 3 rings (SSSR count). The Hall–Kier alpha value is -2.87. The quantitative estimate of drug-likeness (QED) is 0.578. The lowest BCUT2D eigenvalue weighted by Crippen LogP contribution is -2.30. The number of ketones is 1. The van der Waals surface area contributed by atoms with Crippen LogP contribution >= 0.6 is 11.3 Å². The van der Waals surface area contributed by atoms with Crippen molar-refractivity contribution < 1.29 is 28.6 Å². The van der Waals surface area contributed by atoms with Gasteiger partial charge in [-0.05, 0) is 30.5 Å². The number of thiophene rings is 1. The number of fused-ring (bicyclic) bond motifs is 1. The standard InChI is InChI=1S/C19H19NO6S/c1-12(26-18(22)7-5-14(21)17-3-2-10-27-17)19(23)20-13-4-6-15-16(11-13)25-9-8-24-15/h2-4,6,10-12H,5,7-9H2,1H3,(H,20,23)/t12-/m0/s1. The van der Waals surface area contributed by atoms with E-state index >= 15 is 0 Å². The van der Waals surface area contributed by atoms with Gasteiger partial charge in [0.2, 0.25) is 0 Å². The SMILES string of the molecule is C[C@H](OC(=O)CCC(=O)c1cccs1)C(=O)Nc1ccc2c(c1)OCCO2. The molecular weight excluding hydrogens is 370 g/mol. The Kier molecular flexibility index (Phi) is 6.08. The van der Waals surface area contributed by atoms with E-state index in [0.29, 0.717) is 35.3 Å². The first-order chi connectivity index (χ1) is 13.0. The summed E-state index contributed by atoms with van der Waals surface area (Å²) in [7, 11) is 0. The first kappa shape index (κ1) is 18.9. The fourth-order valence-corrected chi connectivity index (χ4v) is 3.15. The number of ether oxygens (including phenoxy) is 3. The Labute approximate surface area is 160 Å². The van der Waals surface area contributed by atoms with Crippen molar-refractivity contribution >= 4 is 34.7 Å². The zero-order valence-electron chi connectivity index (χ0n) is 14.7. The van der Waals surface area contributed by atoms with E-state index in [4.69, 9.17) is 14.2 Å². The molecule has 27 heavy (non-hydrogen) atoms. The molecule has 1 aromatic carbocycles. The molecule has 0 saturated heterocycles. The third kappa shape index (κ3) is 5.07. The van der Waals surface area contributed by atoms with E-state index in [-0.39, 0.29) is 18.6 Å². The molecule has 8 heteroatoms. The molecule has 0 fully saturated rings. The first-order valence-electron chi connectivity index (χ1n) is 8.49. The van der Waals surface area contributed by atoms with Gasteiger partial charge in [-0.25, -0.2) is 0 Å². The van der Waals surface area contributed by atoms with E-state index in [0.717, 1.165) is 0 Å². The van der Waals surface area contributed by atoms with Crippen molar-refractivity contribution in [3.63, 3.8) is 0 Å². The molecule has 142 valence electrons. The van der Waals surface area contributed by atoms with E-state index in [1.165, 1.54) is 18.3 Å². The lowest BCUT2D eigenvalue weighted by Gasteiger charge is -2.19. The number of carbonyl (C=O) groups is 3. The van der Waals surface area contributed by atoms with Gasteiger partial charge in [0.05, 0.1) is 11.3 Å². The van der Waals surface area contributed by atoms with Crippen LogP contribution in [0.1, 0.15) is 29.4 Å². The summed E-state index contributed by atoms with van der Waals surface area (Å²) in [5, 5.41) is 4.47. The molecule has 1 atom stereocenters. The Bertz CT molecular complexity index is 833. The minimum atomic E-state index is -0.984. The predicted octanol–water partition coefficient (Wildman–Crippen LogP) is 3.05. The second kappa shape index (κ2) is 8.68. The van der Waals surface area contributed by atoms with Gasteiger partial charge in [0.1, 0.15) is 13.2 Å². The number of hydrogen-bond donors (Lipinski definition) is 1. The summed E-state index contributed by atoms with van der Waals surface area (Å²) in [5.41, 5.74) is 0.514. The van der Waals surface area contributed by atoms with Crippen LogP contribution in [0.15, 0.2) is 35.7 Å². The van der Waals surface area contributed by atoms with Crippen LogP contribution < -0.4 is 14.8 Å². The lowest BCUT2D eigenvalue weighted by atomic mass is 10.2. The highest BCUT2D eigenvalue weighted by Gasteiger charge is 2.20. The molecule has 0 aliphatic carbocycles. The van der Waals surface area contributed by atoms with Crippen molar-refractivity contribution in [3.8, 4) is 11.5 Å².